The molecule has 6 nitrogen and oxygen atoms in total. The SMILES string of the molecule is C/N=C(\C=N/CC(F)F)C(=O)Nc1ccc(F)c([C@]23CC[C@H](F)C[C@H]2CSC(N)=N3)c1. The molecule has 1 aromatic carbocycles. The minimum atomic E-state index is -2.63. The van der Waals surface area contributed by atoms with Crippen molar-refractivity contribution in [2.75, 3.05) is 24.7 Å². The van der Waals surface area contributed by atoms with Crippen LogP contribution >= 0.6 is 11.8 Å². The second-order valence-electron chi connectivity index (χ2n) is 7.40. The molecule has 0 aromatic heterocycles. The van der Waals surface area contributed by atoms with Crippen molar-refractivity contribution in [1.29, 1.82) is 0 Å². The van der Waals surface area contributed by atoms with E-state index >= 15 is 0 Å². The lowest BCUT2D eigenvalue weighted by molar-refractivity contribution is -0.110. The van der Waals surface area contributed by atoms with Gasteiger partial charge < -0.3 is 11.1 Å². The van der Waals surface area contributed by atoms with Crippen molar-refractivity contribution in [3.05, 3.63) is 29.6 Å². The maximum absolute atomic E-state index is 14.9. The van der Waals surface area contributed by atoms with E-state index in [9.17, 15) is 22.4 Å². The van der Waals surface area contributed by atoms with E-state index in [4.69, 9.17) is 5.73 Å². The number of amidine groups is 1. The van der Waals surface area contributed by atoms with Gasteiger partial charge in [-0.3, -0.25) is 19.8 Å². The summed E-state index contributed by atoms with van der Waals surface area (Å²) in [6.07, 6.45) is -1.85. The highest BCUT2D eigenvalue weighted by molar-refractivity contribution is 8.13. The van der Waals surface area contributed by atoms with Gasteiger partial charge in [0.15, 0.2) is 5.17 Å². The summed E-state index contributed by atoms with van der Waals surface area (Å²) in [5.74, 6) is -0.907. The van der Waals surface area contributed by atoms with E-state index < -0.39 is 36.4 Å². The maximum Gasteiger partial charge on any atom is 0.275 e. The number of rotatable bonds is 6. The highest BCUT2D eigenvalue weighted by atomic mass is 32.2. The first-order valence-electron chi connectivity index (χ1n) is 9.73. The largest absolute Gasteiger partial charge is 0.379 e. The second kappa shape index (κ2) is 9.80. The number of hydrogen-bond donors (Lipinski definition) is 2. The van der Waals surface area contributed by atoms with Crippen LogP contribution in [0.25, 0.3) is 0 Å². The van der Waals surface area contributed by atoms with Crippen LogP contribution in [0.15, 0.2) is 33.2 Å². The van der Waals surface area contributed by atoms with E-state index in [1.165, 1.54) is 37.0 Å². The minimum absolute atomic E-state index is 0.156. The Balaban J connectivity index is 1.89. The standard InChI is InChI=1S/C20H23F4N5OS/c1-26-16(8-27-9-17(23)24)18(30)28-13-2-3-15(22)14(7-13)20-5-4-12(21)6-11(20)10-31-19(25)29-20/h2-3,7-8,11-12,17H,4-6,9-10H2,1H3,(H2,25,29)(H,28,30)/b26-16+,27-8-/t11-,12-,20-/m0/s1. The molecule has 0 bridgehead atoms. The number of carbonyl (C=O) groups excluding carboxylic acids is 1. The zero-order chi connectivity index (χ0) is 22.6. The first-order valence-corrected chi connectivity index (χ1v) is 10.7. The highest BCUT2D eigenvalue weighted by Gasteiger charge is 2.48. The van der Waals surface area contributed by atoms with Crippen LogP contribution in [-0.4, -0.2) is 54.9 Å². The molecule has 31 heavy (non-hydrogen) atoms. The Hall–Kier alpha value is -2.43. The third-order valence-corrected chi connectivity index (χ3v) is 6.37. The van der Waals surface area contributed by atoms with Crippen molar-refractivity contribution in [3.63, 3.8) is 0 Å². The normalized spacial score (nSPS) is 26.6. The summed E-state index contributed by atoms with van der Waals surface area (Å²) >= 11 is 1.32. The number of alkyl halides is 3. The number of carbonyl (C=O) groups is 1. The van der Waals surface area contributed by atoms with Gasteiger partial charge in [0.1, 0.15) is 17.7 Å². The van der Waals surface area contributed by atoms with Crippen LogP contribution in [0, 0.1) is 11.7 Å². The van der Waals surface area contributed by atoms with Crippen molar-refractivity contribution < 1.29 is 22.4 Å². The molecule has 0 saturated heterocycles. The monoisotopic (exact) mass is 457 g/mol. The van der Waals surface area contributed by atoms with E-state index in [0.29, 0.717) is 17.3 Å². The highest BCUT2D eigenvalue weighted by Crippen LogP contribution is 2.50. The number of nitrogens with two attached hydrogens (primary N) is 1. The van der Waals surface area contributed by atoms with Gasteiger partial charge in [-0.15, -0.1) is 0 Å². The topological polar surface area (TPSA) is 92.2 Å². The average molecular weight is 457 g/mol. The van der Waals surface area contributed by atoms with Gasteiger partial charge in [-0.1, -0.05) is 11.8 Å². The second-order valence-corrected chi connectivity index (χ2v) is 8.44. The molecule has 1 amide bonds. The lowest BCUT2D eigenvalue weighted by Gasteiger charge is -2.45. The number of thioether (sulfide) groups is 1. The molecule has 168 valence electrons. The van der Waals surface area contributed by atoms with Gasteiger partial charge >= 0.3 is 0 Å². The minimum Gasteiger partial charge on any atom is -0.379 e. The van der Waals surface area contributed by atoms with Crippen molar-refractivity contribution in [2.24, 2.45) is 26.6 Å². The number of hydrogen-bond acceptors (Lipinski definition) is 6. The third-order valence-electron chi connectivity index (χ3n) is 5.42. The molecule has 1 saturated carbocycles. The molecule has 1 fully saturated rings. The van der Waals surface area contributed by atoms with Crippen LogP contribution < -0.4 is 11.1 Å². The zero-order valence-corrected chi connectivity index (χ0v) is 17.6. The van der Waals surface area contributed by atoms with Crippen LogP contribution in [0.1, 0.15) is 24.8 Å². The molecule has 3 rings (SSSR count). The zero-order valence-electron chi connectivity index (χ0n) is 16.8. The van der Waals surface area contributed by atoms with Crippen LogP contribution in [0.3, 0.4) is 0 Å². The predicted octanol–water partition coefficient (Wildman–Crippen LogP) is 3.57. The van der Waals surface area contributed by atoms with Crippen molar-refractivity contribution in [3.8, 4) is 0 Å². The number of amides is 1. The number of fused-ring (bicyclic) bond motifs is 1. The van der Waals surface area contributed by atoms with E-state index in [1.54, 1.807) is 0 Å². The number of benzene rings is 1. The molecule has 1 aliphatic heterocycles. The number of halogens is 4. The molecule has 0 radical (unpaired) electrons. The summed E-state index contributed by atoms with van der Waals surface area (Å²) in [7, 11) is 1.33. The van der Waals surface area contributed by atoms with Crippen LogP contribution in [0.4, 0.5) is 23.2 Å². The van der Waals surface area contributed by atoms with Crippen LogP contribution in [0.2, 0.25) is 0 Å². The molecule has 3 atom stereocenters. The Bertz CT molecular complexity index is 923. The van der Waals surface area contributed by atoms with Gasteiger partial charge in [-0.25, -0.2) is 17.6 Å². The molecule has 1 aliphatic carbocycles. The van der Waals surface area contributed by atoms with E-state index in [0.717, 1.165) is 6.21 Å². The Morgan fingerprint density at radius 1 is 1.48 bits per heavy atom. The molecule has 1 heterocycles. The third kappa shape index (κ3) is 5.25. The van der Waals surface area contributed by atoms with Gasteiger partial charge in [-0.05, 0) is 37.5 Å². The maximum atomic E-state index is 14.9. The number of nitrogens with zero attached hydrogens (tertiary/aromatic N) is 3. The molecular formula is C20H23F4N5OS. The Morgan fingerprint density at radius 3 is 2.97 bits per heavy atom. The van der Waals surface area contributed by atoms with Crippen molar-refractivity contribution in [1.82, 2.24) is 0 Å². The molecule has 1 aromatic rings. The molecule has 0 spiro atoms. The number of anilines is 1. The summed E-state index contributed by atoms with van der Waals surface area (Å²) < 4.78 is 53.5. The molecule has 11 heteroatoms. The first kappa shape index (κ1) is 23.2. The summed E-state index contributed by atoms with van der Waals surface area (Å²) in [6, 6.07) is 4.05. The number of nitrogens with one attached hydrogen (secondary N) is 1. The Kier molecular flexibility index (Phi) is 7.34. The fourth-order valence-electron chi connectivity index (χ4n) is 3.95. The molecule has 3 N–H and O–H groups in total. The van der Waals surface area contributed by atoms with Crippen molar-refractivity contribution in [2.45, 2.75) is 37.4 Å². The van der Waals surface area contributed by atoms with E-state index in [2.05, 4.69) is 20.3 Å². The smallest absolute Gasteiger partial charge is 0.275 e. The van der Waals surface area contributed by atoms with Gasteiger partial charge in [0, 0.05) is 30.0 Å². The van der Waals surface area contributed by atoms with E-state index in [-0.39, 0.29) is 35.7 Å². The Labute approximate surface area is 181 Å². The summed E-state index contributed by atoms with van der Waals surface area (Å²) in [4.78, 5) is 24.2. The molecule has 2 aliphatic rings. The van der Waals surface area contributed by atoms with Gasteiger partial charge in [0.25, 0.3) is 12.3 Å². The average Bonchev–Trinajstić information content (AvgIpc) is 2.72. The Morgan fingerprint density at radius 2 is 2.26 bits per heavy atom. The first-order chi connectivity index (χ1) is 14.7. The molecule has 0 unspecified atom stereocenters. The van der Waals surface area contributed by atoms with Gasteiger partial charge in [0.2, 0.25) is 0 Å². The number of aliphatic imine (C=N–C) groups is 3. The van der Waals surface area contributed by atoms with Crippen LogP contribution in [-0.2, 0) is 10.3 Å². The lowest BCUT2D eigenvalue weighted by atomic mass is 9.69. The lowest BCUT2D eigenvalue weighted by Crippen LogP contribution is -2.45. The molecular weight excluding hydrogens is 434 g/mol. The van der Waals surface area contributed by atoms with Crippen molar-refractivity contribution >= 4 is 40.5 Å². The van der Waals surface area contributed by atoms with E-state index in [1.807, 2.05) is 0 Å². The van der Waals surface area contributed by atoms with Gasteiger partial charge in [-0.2, -0.15) is 0 Å². The summed E-state index contributed by atoms with van der Waals surface area (Å²) in [5, 5.41) is 2.89. The van der Waals surface area contributed by atoms with Gasteiger partial charge in [0.05, 0.1) is 18.3 Å². The van der Waals surface area contributed by atoms with Crippen LogP contribution in [0.5, 0.6) is 0 Å². The summed E-state index contributed by atoms with van der Waals surface area (Å²) in [5.41, 5.74) is 5.30. The quantitative estimate of drug-likeness (QED) is 0.505. The summed E-state index contributed by atoms with van der Waals surface area (Å²) in [6.45, 7) is -0.746. The predicted molar refractivity (Wildman–Crippen MR) is 116 cm³/mol. The fraction of sp³-hybridized carbons (Fsp3) is 0.500. The fourth-order valence-corrected chi connectivity index (χ4v) is 4.96.